The Morgan fingerprint density at radius 2 is 2.03 bits per heavy atom. The van der Waals surface area contributed by atoms with Crippen molar-refractivity contribution in [2.24, 2.45) is 17.8 Å². The summed E-state index contributed by atoms with van der Waals surface area (Å²) in [5, 5.41) is 19.0. The van der Waals surface area contributed by atoms with Crippen molar-refractivity contribution >= 4 is 11.6 Å². The third-order valence-electron chi connectivity index (χ3n) is 8.60. The largest absolute Gasteiger partial charge is 0.507 e. The molecule has 4 heterocycles. The number of rotatable bonds is 4. The summed E-state index contributed by atoms with van der Waals surface area (Å²) in [5.74, 6) is 10.1. The maximum atomic E-state index is 10.4. The molecule has 190 valence electrons. The zero-order valence-electron chi connectivity index (χ0n) is 20.9. The van der Waals surface area contributed by atoms with Crippen molar-refractivity contribution in [2.75, 3.05) is 23.7 Å². The standard InChI is InChI=1S/C29H28N8O/c30-28-23(13-24(34-35-28)21-4-1-2-5-25(21)38)29-14-19-12-22(29)20(15-29)17-37(16-19)27-7-8-32-26(33-27)6-3-10-36-11-9-31-18-36/h1-2,4-5,7-9,11,13,18-20,22,38H,10,12,14-17H2,(H2,30,35). The molecule has 3 aromatic heterocycles. The average Bonchev–Trinajstić information content (AvgIpc) is 3.49. The molecule has 7 rings (SSSR count). The lowest BCUT2D eigenvalue weighted by Crippen LogP contribution is -2.53. The molecule has 4 aromatic rings. The highest BCUT2D eigenvalue weighted by molar-refractivity contribution is 5.68. The van der Waals surface area contributed by atoms with Gasteiger partial charge in [-0.15, -0.1) is 10.2 Å². The number of hydrogen-bond donors (Lipinski definition) is 2. The minimum Gasteiger partial charge on any atom is -0.507 e. The molecular formula is C29H28N8O. The van der Waals surface area contributed by atoms with E-state index in [9.17, 15) is 5.11 Å². The first-order valence-electron chi connectivity index (χ1n) is 13.0. The first kappa shape index (κ1) is 22.7. The second kappa shape index (κ2) is 8.84. The lowest BCUT2D eigenvalue weighted by molar-refractivity contribution is 0.0638. The van der Waals surface area contributed by atoms with Crippen molar-refractivity contribution in [3.63, 3.8) is 0 Å². The van der Waals surface area contributed by atoms with Gasteiger partial charge in [0.2, 0.25) is 5.82 Å². The van der Waals surface area contributed by atoms with E-state index in [0.29, 0.717) is 47.2 Å². The first-order valence-corrected chi connectivity index (χ1v) is 13.0. The van der Waals surface area contributed by atoms with E-state index in [2.05, 4.69) is 43.0 Å². The third-order valence-corrected chi connectivity index (χ3v) is 8.60. The Hall–Kier alpha value is -4.45. The average molecular weight is 505 g/mol. The Kier molecular flexibility index (Phi) is 5.28. The van der Waals surface area contributed by atoms with Crippen LogP contribution in [0.1, 0.15) is 30.7 Å². The van der Waals surface area contributed by atoms with E-state index in [4.69, 9.17) is 10.7 Å². The van der Waals surface area contributed by atoms with Crippen LogP contribution in [-0.4, -0.2) is 47.9 Å². The van der Waals surface area contributed by atoms with Gasteiger partial charge in [-0.2, -0.15) is 0 Å². The van der Waals surface area contributed by atoms with Crippen LogP contribution in [0, 0.1) is 29.6 Å². The Morgan fingerprint density at radius 3 is 2.89 bits per heavy atom. The Morgan fingerprint density at radius 1 is 1.11 bits per heavy atom. The van der Waals surface area contributed by atoms with Crippen molar-refractivity contribution in [1.82, 2.24) is 29.7 Å². The molecule has 9 heteroatoms. The summed E-state index contributed by atoms with van der Waals surface area (Å²) in [6.07, 6.45) is 10.5. The molecule has 0 radical (unpaired) electrons. The van der Waals surface area contributed by atoms with E-state index in [1.165, 1.54) is 6.42 Å². The molecule has 3 fully saturated rings. The SMILES string of the molecule is Nc1nnc(-c2ccccc2O)cc1C12CC3CC1C(CN(c1ccnc(C#CCn4ccnc4)n1)C3)C2. The molecule has 2 saturated carbocycles. The van der Waals surface area contributed by atoms with Crippen molar-refractivity contribution in [3.8, 4) is 28.8 Å². The maximum Gasteiger partial charge on any atom is 0.206 e. The number of fused-ring (bicyclic) bond motifs is 1. The topological polar surface area (TPSA) is 119 Å². The number of aromatic hydroxyl groups is 1. The number of aromatic nitrogens is 6. The second-order valence-corrected chi connectivity index (χ2v) is 10.8. The summed E-state index contributed by atoms with van der Waals surface area (Å²) in [7, 11) is 0. The van der Waals surface area contributed by atoms with Crippen LogP contribution in [-0.2, 0) is 12.0 Å². The summed E-state index contributed by atoms with van der Waals surface area (Å²) < 4.78 is 1.92. The summed E-state index contributed by atoms with van der Waals surface area (Å²) in [4.78, 5) is 15.6. The van der Waals surface area contributed by atoms with Crippen molar-refractivity contribution in [3.05, 3.63) is 72.7 Å². The molecule has 1 saturated heterocycles. The van der Waals surface area contributed by atoms with Gasteiger partial charge in [-0.25, -0.2) is 15.0 Å². The Balaban J connectivity index is 1.12. The van der Waals surface area contributed by atoms with Gasteiger partial charge in [0.15, 0.2) is 0 Å². The van der Waals surface area contributed by atoms with E-state index in [1.54, 1.807) is 18.6 Å². The number of imidazole rings is 1. The number of phenolic OH excluding ortho intramolecular Hbond substituents is 1. The molecule has 38 heavy (non-hydrogen) atoms. The predicted octanol–water partition coefficient (Wildman–Crippen LogP) is 3.27. The number of phenols is 1. The summed E-state index contributed by atoms with van der Waals surface area (Å²) in [5.41, 5.74) is 8.94. The van der Waals surface area contributed by atoms with Gasteiger partial charge in [0.1, 0.15) is 17.4 Å². The van der Waals surface area contributed by atoms with Gasteiger partial charge in [0.25, 0.3) is 0 Å². The summed E-state index contributed by atoms with van der Waals surface area (Å²) in [6, 6.07) is 11.3. The molecule has 4 unspecified atom stereocenters. The molecule has 0 spiro atoms. The fraction of sp³-hybridized carbons (Fsp3) is 0.345. The fourth-order valence-electron chi connectivity index (χ4n) is 7.07. The molecule has 9 nitrogen and oxygen atoms in total. The van der Waals surface area contributed by atoms with Crippen LogP contribution in [0.3, 0.4) is 0 Å². The van der Waals surface area contributed by atoms with Crippen LogP contribution in [0.5, 0.6) is 5.75 Å². The minimum absolute atomic E-state index is 0.0379. The van der Waals surface area contributed by atoms with E-state index in [1.807, 2.05) is 41.2 Å². The number of hydrogen-bond acceptors (Lipinski definition) is 8. The number of anilines is 2. The predicted molar refractivity (Wildman–Crippen MR) is 143 cm³/mol. The molecule has 3 N–H and O–H groups in total. The van der Waals surface area contributed by atoms with Crippen molar-refractivity contribution in [1.29, 1.82) is 0 Å². The summed E-state index contributed by atoms with van der Waals surface area (Å²) >= 11 is 0. The lowest BCUT2D eigenvalue weighted by Gasteiger charge is -2.54. The van der Waals surface area contributed by atoms with Gasteiger partial charge in [0, 0.05) is 48.2 Å². The molecule has 2 bridgehead atoms. The number of nitrogen functional groups attached to an aromatic ring is 1. The number of para-hydroxylation sites is 1. The van der Waals surface area contributed by atoms with Crippen LogP contribution in [0.2, 0.25) is 0 Å². The molecule has 3 aliphatic rings. The van der Waals surface area contributed by atoms with Gasteiger partial charge < -0.3 is 20.3 Å². The van der Waals surface area contributed by atoms with E-state index in [-0.39, 0.29) is 11.2 Å². The zero-order valence-corrected chi connectivity index (χ0v) is 20.9. The number of nitrogens with zero attached hydrogens (tertiary/aromatic N) is 7. The monoisotopic (exact) mass is 504 g/mol. The Bertz CT molecular complexity index is 1550. The van der Waals surface area contributed by atoms with Crippen LogP contribution < -0.4 is 10.6 Å². The highest BCUT2D eigenvalue weighted by Crippen LogP contribution is 2.65. The molecule has 1 aliphatic heterocycles. The molecular weight excluding hydrogens is 476 g/mol. The van der Waals surface area contributed by atoms with E-state index in [0.717, 1.165) is 37.3 Å². The maximum absolute atomic E-state index is 10.4. The van der Waals surface area contributed by atoms with Crippen LogP contribution in [0.4, 0.5) is 11.6 Å². The highest BCUT2D eigenvalue weighted by Gasteiger charge is 2.62. The fourth-order valence-corrected chi connectivity index (χ4v) is 7.07. The zero-order chi connectivity index (χ0) is 25.7. The molecule has 1 aromatic carbocycles. The molecule has 4 atom stereocenters. The van der Waals surface area contributed by atoms with E-state index < -0.39 is 0 Å². The second-order valence-electron chi connectivity index (χ2n) is 10.8. The third kappa shape index (κ3) is 3.76. The smallest absolute Gasteiger partial charge is 0.206 e. The van der Waals surface area contributed by atoms with Gasteiger partial charge in [-0.3, -0.25) is 0 Å². The van der Waals surface area contributed by atoms with Crippen LogP contribution >= 0.6 is 0 Å². The van der Waals surface area contributed by atoms with Gasteiger partial charge in [-0.1, -0.05) is 18.1 Å². The molecule has 2 aliphatic carbocycles. The van der Waals surface area contributed by atoms with Crippen molar-refractivity contribution < 1.29 is 5.11 Å². The number of nitrogens with two attached hydrogens (primary N) is 1. The first-order chi connectivity index (χ1) is 18.6. The molecule has 0 amide bonds. The van der Waals surface area contributed by atoms with Gasteiger partial charge in [0.05, 0.1) is 18.6 Å². The van der Waals surface area contributed by atoms with Gasteiger partial charge >= 0.3 is 0 Å². The summed E-state index contributed by atoms with van der Waals surface area (Å²) in [6.45, 7) is 2.48. The van der Waals surface area contributed by atoms with Crippen LogP contribution in [0.25, 0.3) is 11.3 Å². The van der Waals surface area contributed by atoms with Crippen molar-refractivity contribution in [2.45, 2.75) is 31.2 Å². The lowest BCUT2D eigenvalue weighted by atomic mass is 9.52. The van der Waals surface area contributed by atoms with Gasteiger partial charge in [-0.05, 0) is 67.2 Å². The quantitative estimate of drug-likeness (QED) is 0.407. The number of benzene rings is 1. The van der Waals surface area contributed by atoms with E-state index >= 15 is 0 Å². The Labute approximate surface area is 220 Å². The highest BCUT2D eigenvalue weighted by atomic mass is 16.3. The van der Waals surface area contributed by atoms with Crippen LogP contribution in [0.15, 0.2) is 61.3 Å². The minimum atomic E-state index is 0.0379. The normalized spacial score (nSPS) is 25.3.